The van der Waals surface area contributed by atoms with Gasteiger partial charge in [0.1, 0.15) is 12.4 Å². The highest BCUT2D eigenvalue weighted by Gasteiger charge is 2.03. The Morgan fingerprint density at radius 1 is 1.10 bits per heavy atom. The van der Waals surface area contributed by atoms with Gasteiger partial charge in [-0.3, -0.25) is 4.90 Å². The third-order valence-electron chi connectivity index (χ3n) is 3.24. The molecule has 0 N–H and O–H groups in total. The summed E-state index contributed by atoms with van der Waals surface area (Å²) in [6, 6.07) is 16.5. The van der Waals surface area contributed by atoms with E-state index < -0.39 is 0 Å². The fraction of sp³-hybridized carbons (Fsp3) is 0.294. The standard InChI is InChI=1S/C17H20BrNO/c1-14-6-3-4-7-15(14)13-19(2)10-11-20-17-9-5-8-16(18)12-17/h3-9,12H,10-11,13H2,1-2H3. The zero-order valence-corrected chi connectivity index (χ0v) is 13.6. The van der Waals surface area contributed by atoms with Crippen LogP contribution in [0.25, 0.3) is 0 Å². The van der Waals surface area contributed by atoms with Crippen molar-refractivity contribution in [1.82, 2.24) is 4.90 Å². The topological polar surface area (TPSA) is 12.5 Å². The van der Waals surface area contributed by atoms with Crippen LogP contribution in [0.15, 0.2) is 53.0 Å². The van der Waals surface area contributed by atoms with Crippen LogP contribution in [0.1, 0.15) is 11.1 Å². The highest BCUT2D eigenvalue weighted by atomic mass is 79.9. The summed E-state index contributed by atoms with van der Waals surface area (Å²) in [5, 5.41) is 0. The molecule has 0 saturated carbocycles. The van der Waals surface area contributed by atoms with Crippen LogP contribution >= 0.6 is 15.9 Å². The molecular formula is C17H20BrNO. The Morgan fingerprint density at radius 2 is 1.90 bits per heavy atom. The number of benzene rings is 2. The minimum absolute atomic E-state index is 0.693. The molecule has 0 atom stereocenters. The molecule has 106 valence electrons. The molecule has 0 unspecified atom stereocenters. The molecule has 2 rings (SSSR count). The Hall–Kier alpha value is -1.32. The second-order valence-electron chi connectivity index (χ2n) is 4.97. The smallest absolute Gasteiger partial charge is 0.120 e. The van der Waals surface area contributed by atoms with Gasteiger partial charge in [0.05, 0.1) is 0 Å². The average molecular weight is 334 g/mol. The number of hydrogen-bond donors (Lipinski definition) is 0. The largest absolute Gasteiger partial charge is 0.492 e. The highest BCUT2D eigenvalue weighted by molar-refractivity contribution is 9.10. The minimum atomic E-state index is 0.693. The summed E-state index contributed by atoms with van der Waals surface area (Å²) in [6.07, 6.45) is 0. The molecule has 0 aliphatic carbocycles. The zero-order valence-electron chi connectivity index (χ0n) is 12.0. The predicted octanol–water partition coefficient (Wildman–Crippen LogP) is 4.27. The lowest BCUT2D eigenvalue weighted by Crippen LogP contribution is -2.24. The van der Waals surface area contributed by atoms with E-state index in [-0.39, 0.29) is 0 Å². The Labute approximate surface area is 129 Å². The number of rotatable bonds is 6. The third kappa shape index (κ3) is 4.66. The lowest BCUT2D eigenvalue weighted by molar-refractivity contribution is 0.232. The fourth-order valence-corrected chi connectivity index (χ4v) is 2.41. The molecule has 2 aromatic carbocycles. The molecule has 20 heavy (non-hydrogen) atoms. The molecule has 0 bridgehead atoms. The van der Waals surface area contributed by atoms with Crippen LogP contribution in [0.5, 0.6) is 5.75 Å². The van der Waals surface area contributed by atoms with E-state index in [4.69, 9.17) is 4.74 Å². The third-order valence-corrected chi connectivity index (χ3v) is 3.73. The number of halogens is 1. The van der Waals surface area contributed by atoms with Gasteiger partial charge in [0.15, 0.2) is 0 Å². The maximum Gasteiger partial charge on any atom is 0.120 e. The van der Waals surface area contributed by atoms with E-state index in [9.17, 15) is 0 Å². The number of likely N-dealkylation sites (N-methyl/N-ethyl adjacent to an activating group) is 1. The Morgan fingerprint density at radius 3 is 2.65 bits per heavy atom. The van der Waals surface area contributed by atoms with Crippen molar-refractivity contribution in [2.45, 2.75) is 13.5 Å². The summed E-state index contributed by atoms with van der Waals surface area (Å²) in [6.45, 7) is 4.70. The quantitative estimate of drug-likeness (QED) is 0.782. The number of aryl methyl sites for hydroxylation is 1. The molecule has 0 radical (unpaired) electrons. The molecule has 0 saturated heterocycles. The summed E-state index contributed by atoms with van der Waals surface area (Å²) in [5.41, 5.74) is 2.71. The molecule has 0 fully saturated rings. The van der Waals surface area contributed by atoms with Crippen LogP contribution < -0.4 is 4.74 Å². The van der Waals surface area contributed by atoms with Gasteiger partial charge in [-0.1, -0.05) is 46.3 Å². The zero-order chi connectivity index (χ0) is 14.4. The number of ether oxygens (including phenoxy) is 1. The molecule has 2 nitrogen and oxygen atoms in total. The first-order valence-corrected chi connectivity index (χ1v) is 7.56. The lowest BCUT2D eigenvalue weighted by atomic mass is 10.1. The summed E-state index contributed by atoms with van der Waals surface area (Å²) in [7, 11) is 2.12. The van der Waals surface area contributed by atoms with Gasteiger partial charge in [0.2, 0.25) is 0 Å². The predicted molar refractivity (Wildman–Crippen MR) is 87.2 cm³/mol. The lowest BCUT2D eigenvalue weighted by Gasteiger charge is -2.18. The first-order valence-electron chi connectivity index (χ1n) is 6.76. The van der Waals surface area contributed by atoms with E-state index in [1.54, 1.807) is 0 Å². The summed E-state index contributed by atoms with van der Waals surface area (Å²) >= 11 is 3.44. The maximum absolute atomic E-state index is 5.75. The van der Waals surface area contributed by atoms with Crippen LogP contribution in [0.4, 0.5) is 0 Å². The van der Waals surface area contributed by atoms with E-state index in [0.717, 1.165) is 23.3 Å². The van der Waals surface area contributed by atoms with Crippen molar-refractivity contribution in [2.24, 2.45) is 0 Å². The first-order chi connectivity index (χ1) is 9.65. The van der Waals surface area contributed by atoms with Crippen molar-refractivity contribution in [1.29, 1.82) is 0 Å². The molecule has 0 aliphatic heterocycles. The van der Waals surface area contributed by atoms with Crippen molar-refractivity contribution in [3.05, 3.63) is 64.1 Å². The SMILES string of the molecule is Cc1ccccc1CN(C)CCOc1cccc(Br)c1. The van der Waals surface area contributed by atoms with Crippen molar-refractivity contribution in [2.75, 3.05) is 20.2 Å². The van der Waals surface area contributed by atoms with Gasteiger partial charge >= 0.3 is 0 Å². The molecular weight excluding hydrogens is 314 g/mol. The van der Waals surface area contributed by atoms with E-state index in [1.165, 1.54) is 11.1 Å². The average Bonchev–Trinajstić information content (AvgIpc) is 2.41. The van der Waals surface area contributed by atoms with Gasteiger partial charge in [-0.25, -0.2) is 0 Å². The van der Waals surface area contributed by atoms with Crippen LogP contribution in [-0.2, 0) is 6.54 Å². The van der Waals surface area contributed by atoms with Crippen LogP contribution in [-0.4, -0.2) is 25.1 Å². The normalized spacial score (nSPS) is 10.8. The van der Waals surface area contributed by atoms with Gasteiger partial charge in [-0.05, 0) is 43.3 Å². The van der Waals surface area contributed by atoms with Crippen LogP contribution in [0, 0.1) is 6.92 Å². The van der Waals surface area contributed by atoms with Crippen molar-refractivity contribution < 1.29 is 4.74 Å². The van der Waals surface area contributed by atoms with Crippen molar-refractivity contribution in [3.63, 3.8) is 0 Å². The molecule has 0 aromatic heterocycles. The summed E-state index contributed by atoms with van der Waals surface area (Å²) in [5.74, 6) is 0.906. The monoisotopic (exact) mass is 333 g/mol. The second kappa shape index (κ2) is 7.46. The molecule has 2 aromatic rings. The van der Waals surface area contributed by atoms with Gasteiger partial charge in [0.25, 0.3) is 0 Å². The minimum Gasteiger partial charge on any atom is -0.492 e. The molecule has 0 aliphatic rings. The second-order valence-corrected chi connectivity index (χ2v) is 5.89. The van der Waals surface area contributed by atoms with E-state index >= 15 is 0 Å². The van der Waals surface area contributed by atoms with Gasteiger partial charge in [-0.15, -0.1) is 0 Å². The molecule has 0 spiro atoms. The molecule has 0 amide bonds. The highest BCUT2D eigenvalue weighted by Crippen LogP contribution is 2.17. The summed E-state index contributed by atoms with van der Waals surface area (Å²) < 4.78 is 6.80. The van der Waals surface area contributed by atoms with E-state index in [1.807, 2.05) is 24.3 Å². The molecule has 3 heteroatoms. The van der Waals surface area contributed by atoms with Crippen molar-refractivity contribution in [3.8, 4) is 5.75 Å². The van der Waals surface area contributed by atoms with Gasteiger partial charge in [0, 0.05) is 17.6 Å². The van der Waals surface area contributed by atoms with Crippen molar-refractivity contribution >= 4 is 15.9 Å². The Kier molecular flexibility index (Phi) is 5.62. The Bertz CT molecular complexity index is 556. The molecule has 0 heterocycles. The van der Waals surface area contributed by atoms with Crippen LogP contribution in [0.2, 0.25) is 0 Å². The van der Waals surface area contributed by atoms with E-state index in [2.05, 4.69) is 59.1 Å². The number of hydrogen-bond acceptors (Lipinski definition) is 2. The van der Waals surface area contributed by atoms with Gasteiger partial charge in [-0.2, -0.15) is 0 Å². The number of nitrogens with zero attached hydrogens (tertiary/aromatic N) is 1. The van der Waals surface area contributed by atoms with Gasteiger partial charge < -0.3 is 4.74 Å². The maximum atomic E-state index is 5.75. The van der Waals surface area contributed by atoms with E-state index in [0.29, 0.717) is 6.61 Å². The Balaban J connectivity index is 1.78. The van der Waals surface area contributed by atoms with Crippen LogP contribution in [0.3, 0.4) is 0 Å². The fourth-order valence-electron chi connectivity index (χ4n) is 2.03. The summed E-state index contributed by atoms with van der Waals surface area (Å²) in [4.78, 5) is 2.28. The first kappa shape index (κ1) is 15.1.